The summed E-state index contributed by atoms with van der Waals surface area (Å²) < 4.78 is 0. The third-order valence-electron chi connectivity index (χ3n) is 6.34. The number of amides is 2. The number of carboxylic acids is 1. The number of nitrogens with two attached hydrogens (primary N) is 2. The highest BCUT2D eigenvalue weighted by Crippen LogP contribution is 2.31. The Balaban J connectivity index is 2.10. The molecule has 10 nitrogen and oxygen atoms in total. The molecule has 0 aromatic heterocycles. The normalized spacial score (nSPS) is 21.1. The van der Waals surface area contributed by atoms with Gasteiger partial charge in [-0.2, -0.15) is 0 Å². The van der Waals surface area contributed by atoms with Crippen molar-refractivity contribution in [3.63, 3.8) is 0 Å². The van der Waals surface area contributed by atoms with Crippen LogP contribution in [-0.4, -0.2) is 69.7 Å². The van der Waals surface area contributed by atoms with Crippen LogP contribution in [-0.2, 0) is 27.2 Å². The maximum absolute atomic E-state index is 13.3. The van der Waals surface area contributed by atoms with Crippen molar-refractivity contribution in [2.75, 3.05) is 13.6 Å². The molecule has 2 aromatic rings. The van der Waals surface area contributed by atoms with Gasteiger partial charge in [0.1, 0.15) is 23.6 Å². The molecule has 1 aliphatic heterocycles. The number of carboxylic acid groups (broad SMARTS) is 1. The highest BCUT2D eigenvalue weighted by Gasteiger charge is 2.33. The molecule has 3 atom stereocenters. The first-order valence-electron chi connectivity index (χ1n) is 11.5. The zero-order chi connectivity index (χ0) is 25.7. The van der Waals surface area contributed by atoms with Crippen molar-refractivity contribution in [2.45, 2.75) is 50.2 Å². The quantitative estimate of drug-likeness (QED) is 0.336. The van der Waals surface area contributed by atoms with E-state index in [2.05, 4.69) is 5.32 Å². The van der Waals surface area contributed by atoms with Crippen LogP contribution in [0.15, 0.2) is 36.4 Å². The number of rotatable bonds is 5. The second-order valence-corrected chi connectivity index (χ2v) is 8.85. The van der Waals surface area contributed by atoms with Gasteiger partial charge in [0.15, 0.2) is 0 Å². The van der Waals surface area contributed by atoms with Crippen LogP contribution in [0, 0.1) is 0 Å². The van der Waals surface area contributed by atoms with Gasteiger partial charge in [-0.05, 0) is 72.3 Å². The minimum absolute atomic E-state index is 0.0216. The van der Waals surface area contributed by atoms with E-state index < -0.39 is 35.9 Å². The minimum atomic E-state index is -1.29. The van der Waals surface area contributed by atoms with Gasteiger partial charge in [0, 0.05) is 19.9 Å². The van der Waals surface area contributed by atoms with Gasteiger partial charge in [0.25, 0.3) is 0 Å². The first kappa shape index (κ1) is 26.0. The van der Waals surface area contributed by atoms with Crippen LogP contribution in [0.3, 0.4) is 0 Å². The molecule has 0 spiro atoms. The van der Waals surface area contributed by atoms with Crippen molar-refractivity contribution in [3.05, 3.63) is 47.5 Å². The van der Waals surface area contributed by atoms with Crippen LogP contribution in [0.4, 0.5) is 0 Å². The lowest BCUT2D eigenvalue weighted by atomic mass is 9.95. The average Bonchev–Trinajstić information content (AvgIpc) is 2.82. The predicted octanol–water partition coefficient (Wildman–Crippen LogP) is 0.716. The van der Waals surface area contributed by atoms with Gasteiger partial charge >= 0.3 is 5.97 Å². The summed E-state index contributed by atoms with van der Waals surface area (Å²) in [5, 5.41) is 33.3. The third kappa shape index (κ3) is 6.09. The Kier molecular flexibility index (Phi) is 8.31. The molecular weight excluding hydrogens is 452 g/mol. The maximum Gasteiger partial charge on any atom is 0.326 e. The summed E-state index contributed by atoms with van der Waals surface area (Å²) in [6.07, 6.45) is 1.30. The lowest BCUT2D eigenvalue weighted by Gasteiger charge is -2.30. The number of carbonyl (C=O) groups excluding carboxylic acids is 2. The second-order valence-electron chi connectivity index (χ2n) is 8.85. The number of nitrogens with one attached hydrogen (secondary N) is 1. The minimum Gasteiger partial charge on any atom is -0.508 e. The fourth-order valence-electron chi connectivity index (χ4n) is 4.21. The van der Waals surface area contributed by atoms with Gasteiger partial charge in [0.05, 0.1) is 6.04 Å². The van der Waals surface area contributed by atoms with E-state index in [0.29, 0.717) is 41.6 Å². The Morgan fingerprint density at radius 2 is 1.60 bits per heavy atom. The van der Waals surface area contributed by atoms with E-state index in [1.807, 2.05) is 0 Å². The molecule has 4 bridgehead atoms. The molecule has 10 heteroatoms. The van der Waals surface area contributed by atoms with Gasteiger partial charge < -0.3 is 37.0 Å². The van der Waals surface area contributed by atoms with Gasteiger partial charge in [0.2, 0.25) is 11.8 Å². The highest BCUT2D eigenvalue weighted by atomic mass is 16.4. The molecule has 0 fully saturated rings. The number of phenolic OH excluding ortho intramolecular Hbond substituents is 2. The molecule has 2 aromatic carbocycles. The standard InChI is InChI=1S/C25H32N4O6/c1-29-20(25(34)35)13-17-11-15(6-8-22(17)31)14-5-7-21(30)16(10-14)12-18(27)23(32)28-19(24(29)33)4-2-3-9-26/h5-8,10-11,18-20,30-31H,2-4,9,12-13,26-27H2,1H3,(H,28,32)(H,34,35)/t18?,19-,20-/m0/s1. The van der Waals surface area contributed by atoms with E-state index in [-0.39, 0.29) is 30.8 Å². The largest absolute Gasteiger partial charge is 0.508 e. The molecule has 0 saturated heterocycles. The number of benzene rings is 2. The fourth-order valence-corrected chi connectivity index (χ4v) is 4.21. The first-order chi connectivity index (χ1) is 16.6. The number of hydrogen-bond acceptors (Lipinski definition) is 7. The summed E-state index contributed by atoms with van der Waals surface area (Å²) in [4.78, 5) is 39.5. The lowest BCUT2D eigenvalue weighted by molar-refractivity contribution is -0.150. The number of carbonyl (C=O) groups is 3. The molecule has 0 radical (unpaired) electrons. The van der Waals surface area contributed by atoms with Crippen LogP contribution >= 0.6 is 0 Å². The van der Waals surface area contributed by atoms with Crippen LogP contribution in [0.25, 0.3) is 11.1 Å². The van der Waals surface area contributed by atoms with Crippen LogP contribution in [0.1, 0.15) is 30.4 Å². The van der Waals surface area contributed by atoms with Crippen LogP contribution in [0.5, 0.6) is 11.5 Å². The maximum atomic E-state index is 13.3. The molecule has 8 N–H and O–H groups in total. The summed E-state index contributed by atoms with van der Waals surface area (Å²) in [7, 11) is 1.36. The summed E-state index contributed by atoms with van der Waals surface area (Å²) in [6, 6.07) is 6.30. The second kappa shape index (κ2) is 11.2. The number of fused-ring (bicyclic) bond motifs is 5. The van der Waals surface area contributed by atoms with Crippen molar-refractivity contribution in [2.24, 2.45) is 11.5 Å². The summed E-state index contributed by atoms with van der Waals surface area (Å²) in [6.45, 7) is 0.410. The molecule has 3 rings (SSSR count). The topological polar surface area (TPSA) is 179 Å². The fraction of sp³-hybridized carbons (Fsp3) is 0.400. The van der Waals surface area contributed by atoms with Gasteiger partial charge in [-0.25, -0.2) is 4.79 Å². The third-order valence-corrected chi connectivity index (χ3v) is 6.34. The molecule has 188 valence electrons. The first-order valence-corrected chi connectivity index (χ1v) is 11.5. The average molecular weight is 485 g/mol. The Morgan fingerprint density at radius 1 is 1.03 bits per heavy atom. The van der Waals surface area contributed by atoms with Gasteiger partial charge in [-0.3, -0.25) is 9.59 Å². The number of phenols is 2. The number of nitrogens with zero attached hydrogens (tertiary/aromatic N) is 1. The molecule has 1 unspecified atom stereocenters. The molecule has 0 saturated carbocycles. The smallest absolute Gasteiger partial charge is 0.326 e. The number of hydrogen-bond donors (Lipinski definition) is 6. The van der Waals surface area contributed by atoms with E-state index in [1.165, 1.54) is 19.2 Å². The van der Waals surface area contributed by atoms with Crippen molar-refractivity contribution < 1.29 is 29.7 Å². The zero-order valence-electron chi connectivity index (χ0n) is 19.6. The SMILES string of the molecule is CN1C(=O)[C@H](CCCCN)NC(=O)C(N)Cc2cc(ccc2O)-c2ccc(O)c(c2)C[C@H]1C(=O)O. The predicted molar refractivity (Wildman–Crippen MR) is 130 cm³/mol. The monoisotopic (exact) mass is 484 g/mol. The lowest BCUT2D eigenvalue weighted by Crippen LogP contribution is -2.55. The van der Waals surface area contributed by atoms with Gasteiger partial charge in [-0.1, -0.05) is 12.1 Å². The number of unbranched alkanes of at least 4 members (excludes halogenated alkanes) is 1. The Morgan fingerprint density at radius 3 is 2.14 bits per heavy atom. The van der Waals surface area contributed by atoms with E-state index >= 15 is 0 Å². The Hall–Kier alpha value is -3.63. The molecule has 0 aliphatic carbocycles. The molecular formula is C25H32N4O6. The highest BCUT2D eigenvalue weighted by molar-refractivity contribution is 5.92. The number of likely N-dealkylation sites (N-methyl/N-ethyl adjacent to an activating group) is 1. The summed E-state index contributed by atoms with van der Waals surface area (Å²) in [5.41, 5.74) is 13.8. The van der Waals surface area contributed by atoms with Gasteiger partial charge in [-0.15, -0.1) is 0 Å². The van der Waals surface area contributed by atoms with Crippen molar-refractivity contribution >= 4 is 17.8 Å². The summed E-state index contributed by atoms with van der Waals surface area (Å²) >= 11 is 0. The van der Waals surface area contributed by atoms with Crippen molar-refractivity contribution in [3.8, 4) is 22.6 Å². The molecule has 1 aliphatic rings. The van der Waals surface area contributed by atoms with E-state index in [0.717, 1.165) is 4.90 Å². The van der Waals surface area contributed by atoms with E-state index in [4.69, 9.17) is 11.5 Å². The number of aliphatic carboxylic acids is 1. The van der Waals surface area contributed by atoms with Crippen molar-refractivity contribution in [1.29, 1.82) is 0 Å². The van der Waals surface area contributed by atoms with Crippen LogP contribution < -0.4 is 16.8 Å². The van der Waals surface area contributed by atoms with E-state index in [1.54, 1.807) is 24.3 Å². The van der Waals surface area contributed by atoms with Crippen LogP contribution in [0.2, 0.25) is 0 Å². The zero-order valence-corrected chi connectivity index (χ0v) is 19.6. The molecule has 2 amide bonds. The van der Waals surface area contributed by atoms with E-state index in [9.17, 15) is 29.7 Å². The Bertz CT molecular complexity index is 1110. The Labute approximate surface area is 203 Å². The van der Waals surface area contributed by atoms with Crippen molar-refractivity contribution in [1.82, 2.24) is 10.2 Å². The molecule has 35 heavy (non-hydrogen) atoms. The number of aromatic hydroxyl groups is 2. The molecule has 1 heterocycles. The summed E-state index contributed by atoms with van der Waals surface area (Å²) in [5.74, 6) is -2.54.